The van der Waals surface area contributed by atoms with Crippen LogP contribution in [0.15, 0.2) is 53.1 Å². The Hall–Kier alpha value is -2.89. The Morgan fingerprint density at radius 3 is 2.72 bits per heavy atom. The van der Waals surface area contributed by atoms with Crippen LogP contribution >= 0.6 is 0 Å². The van der Waals surface area contributed by atoms with E-state index in [9.17, 15) is 4.79 Å². The van der Waals surface area contributed by atoms with Gasteiger partial charge in [0, 0.05) is 37.8 Å². The van der Waals surface area contributed by atoms with Crippen molar-refractivity contribution >= 4 is 22.7 Å². The number of hydrogen-bond donors (Lipinski definition) is 0. The molecule has 128 valence electrons. The molecule has 0 saturated carbocycles. The maximum Gasteiger partial charge on any atom is 0.289 e. The summed E-state index contributed by atoms with van der Waals surface area (Å²) in [6.07, 6.45) is 3.48. The normalized spacial score (nSPS) is 15.5. The van der Waals surface area contributed by atoms with Crippen molar-refractivity contribution in [3.8, 4) is 0 Å². The highest BCUT2D eigenvalue weighted by Gasteiger charge is 2.28. The molecule has 3 aromatic rings. The second kappa shape index (κ2) is 6.55. The van der Waals surface area contributed by atoms with Crippen molar-refractivity contribution in [1.29, 1.82) is 0 Å². The monoisotopic (exact) mass is 336 g/mol. The Bertz CT molecular complexity index is 836. The third-order valence-corrected chi connectivity index (χ3v) is 4.86. The fourth-order valence-corrected chi connectivity index (χ4v) is 3.37. The number of fused-ring (bicyclic) bond motifs is 1. The van der Waals surface area contributed by atoms with E-state index in [4.69, 9.17) is 4.42 Å². The maximum absolute atomic E-state index is 12.7. The zero-order chi connectivity index (χ0) is 17.2. The number of furan rings is 1. The van der Waals surface area contributed by atoms with Crippen LogP contribution in [0, 0.1) is 0 Å². The number of anilines is 1. The minimum atomic E-state index is -0.0307. The van der Waals surface area contributed by atoms with E-state index in [1.165, 1.54) is 0 Å². The molecule has 25 heavy (non-hydrogen) atoms. The Labute approximate surface area is 146 Å². The molecule has 0 bridgehead atoms. The third kappa shape index (κ3) is 3.07. The van der Waals surface area contributed by atoms with Gasteiger partial charge in [-0.2, -0.15) is 5.10 Å². The summed E-state index contributed by atoms with van der Waals surface area (Å²) >= 11 is 0. The Kier molecular flexibility index (Phi) is 4.09. The average molecular weight is 336 g/mol. The van der Waals surface area contributed by atoms with Gasteiger partial charge in [0.05, 0.1) is 0 Å². The second-order valence-electron chi connectivity index (χ2n) is 6.36. The fraction of sp³-hybridized carbons (Fsp3) is 0.316. The first kappa shape index (κ1) is 15.6. The van der Waals surface area contributed by atoms with Crippen LogP contribution in [0.25, 0.3) is 11.0 Å². The number of benzene rings is 1. The van der Waals surface area contributed by atoms with E-state index in [0.717, 1.165) is 29.6 Å². The number of likely N-dealkylation sites (tertiary alicyclic amines) is 1. The van der Waals surface area contributed by atoms with Gasteiger partial charge in [0.25, 0.3) is 5.91 Å². The van der Waals surface area contributed by atoms with Gasteiger partial charge in [-0.25, -0.2) is 0 Å². The predicted molar refractivity (Wildman–Crippen MR) is 95.6 cm³/mol. The predicted octanol–water partition coefficient (Wildman–Crippen LogP) is 2.96. The van der Waals surface area contributed by atoms with Crippen LogP contribution in [0.5, 0.6) is 0 Å². The first-order chi connectivity index (χ1) is 12.2. The largest absolute Gasteiger partial charge is 0.451 e. The molecule has 1 amide bonds. The van der Waals surface area contributed by atoms with Gasteiger partial charge >= 0.3 is 0 Å². The molecule has 1 saturated heterocycles. The average Bonchev–Trinajstić information content (AvgIpc) is 3.12. The van der Waals surface area contributed by atoms with Crippen LogP contribution in [-0.2, 0) is 0 Å². The molecular weight excluding hydrogens is 316 g/mol. The minimum Gasteiger partial charge on any atom is -0.451 e. The first-order valence-corrected chi connectivity index (χ1v) is 8.51. The molecule has 0 spiro atoms. The van der Waals surface area contributed by atoms with Crippen molar-refractivity contribution in [3.05, 3.63) is 54.4 Å². The van der Waals surface area contributed by atoms with Crippen molar-refractivity contribution < 1.29 is 9.21 Å². The standard InChI is InChI=1S/C19H20N4O2/c1-22(18-7-4-10-20-21-18)15-8-11-23(12-9-15)19(24)17-13-14-5-2-3-6-16(14)25-17/h2-7,10,13,15H,8-9,11-12H2,1H3. The Morgan fingerprint density at radius 2 is 2.00 bits per heavy atom. The molecular formula is C19H20N4O2. The number of para-hydroxylation sites is 1. The number of carbonyl (C=O) groups excluding carboxylic acids is 1. The summed E-state index contributed by atoms with van der Waals surface area (Å²) in [7, 11) is 2.03. The summed E-state index contributed by atoms with van der Waals surface area (Å²) in [6, 6.07) is 13.7. The minimum absolute atomic E-state index is 0.0307. The van der Waals surface area contributed by atoms with E-state index in [1.807, 2.05) is 54.4 Å². The van der Waals surface area contributed by atoms with Crippen LogP contribution in [0.1, 0.15) is 23.4 Å². The van der Waals surface area contributed by atoms with Crippen molar-refractivity contribution in [2.45, 2.75) is 18.9 Å². The van der Waals surface area contributed by atoms with Gasteiger partial charge in [-0.1, -0.05) is 18.2 Å². The number of amides is 1. The van der Waals surface area contributed by atoms with Gasteiger partial charge in [0.2, 0.25) is 0 Å². The molecule has 3 heterocycles. The van der Waals surface area contributed by atoms with E-state index in [2.05, 4.69) is 15.1 Å². The van der Waals surface area contributed by atoms with Gasteiger partial charge in [0.1, 0.15) is 5.58 Å². The highest BCUT2D eigenvalue weighted by atomic mass is 16.3. The summed E-state index contributed by atoms with van der Waals surface area (Å²) in [5, 5.41) is 9.06. The Morgan fingerprint density at radius 1 is 1.20 bits per heavy atom. The van der Waals surface area contributed by atoms with E-state index < -0.39 is 0 Å². The molecule has 1 aliphatic rings. The van der Waals surface area contributed by atoms with Crippen molar-refractivity contribution in [2.24, 2.45) is 0 Å². The molecule has 1 aromatic carbocycles. The second-order valence-corrected chi connectivity index (χ2v) is 6.36. The number of piperidine rings is 1. The molecule has 0 radical (unpaired) electrons. The summed E-state index contributed by atoms with van der Waals surface area (Å²) < 4.78 is 5.71. The van der Waals surface area contributed by atoms with Crippen LogP contribution in [0.2, 0.25) is 0 Å². The molecule has 6 heteroatoms. The van der Waals surface area contributed by atoms with Gasteiger partial charge < -0.3 is 14.2 Å². The smallest absolute Gasteiger partial charge is 0.289 e. The van der Waals surface area contributed by atoms with Crippen molar-refractivity contribution in [3.63, 3.8) is 0 Å². The van der Waals surface area contributed by atoms with Crippen LogP contribution in [-0.4, -0.2) is 47.2 Å². The van der Waals surface area contributed by atoms with Crippen LogP contribution in [0.4, 0.5) is 5.82 Å². The van der Waals surface area contributed by atoms with E-state index in [-0.39, 0.29) is 5.91 Å². The third-order valence-electron chi connectivity index (χ3n) is 4.86. The zero-order valence-corrected chi connectivity index (χ0v) is 14.1. The fourth-order valence-electron chi connectivity index (χ4n) is 3.37. The van der Waals surface area contributed by atoms with Crippen molar-refractivity contribution in [2.75, 3.05) is 25.0 Å². The lowest BCUT2D eigenvalue weighted by Gasteiger charge is -2.36. The van der Waals surface area contributed by atoms with Gasteiger partial charge in [-0.05, 0) is 37.1 Å². The Balaban J connectivity index is 1.42. The SMILES string of the molecule is CN(c1cccnn1)C1CCN(C(=O)c2cc3ccccc3o2)CC1. The van der Waals surface area contributed by atoms with E-state index >= 15 is 0 Å². The lowest BCUT2D eigenvalue weighted by molar-refractivity contribution is 0.0683. The van der Waals surface area contributed by atoms with Crippen LogP contribution in [0.3, 0.4) is 0 Å². The van der Waals surface area contributed by atoms with Gasteiger partial charge in [-0.3, -0.25) is 4.79 Å². The molecule has 4 rings (SSSR count). The number of carbonyl (C=O) groups is 1. The number of hydrogen-bond acceptors (Lipinski definition) is 5. The van der Waals surface area contributed by atoms with Gasteiger partial charge in [-0.15, -0.1) is 5.10 Å². The quantitative estimate of drug-likeness (QED) is 0.736. The highest BCUT2D eigenvalue weighted by Crippen LogP contribution is 2.24. The van der Waals surface area contributed by atoms with Crippen molar-refractivity contribution in [1.82, 2.24) is 15.1 Å². The van der Waals surface area contributed by atoms with Gasteiger partial charge in [0.15, 0.2) is 11.6 Å². The van der Waals surface area contributed by atoms with E-state index in [1.54, 1.807) is 6.20 Å². The molecule has 0 aliphatic carbocycles. The number of nitrogens with zero attached hydrogens (tertiary/aromatic N) is 4. The molecule has 2 aromatic heterocycles. The first-order valence-electron chi connectivity index (χ1n) is 8.51. The highest BCUT2D eigenvalue weighted by molar-refractivity contribution is 5.96. The number of aromatic nitrogens is 2. The summed E-state index contributed by atoms with van der Waals surface area (Å²) in [5.41, 5.74) is 0.753. The topological polar surface area (TPSA) is 62.5 Å². The summed E-state index contributed by atoms with van der Waals surface area (Å²) in [4.78, 5) is 16.7. The summed E-state index contributed by atoms with van der Waals surface area (Å²) in [5.74, 6) is 1.25. The molecule has 0 unspecified atom stereocenters. The molecule has 0 N–H and O–H groups in total. The maximum atomic E-state index is 12.7. The molecule has 0 atom stereocenters. The molecule has 6 nitrogen and oxygen atoms in total. The van der Waals surface area contributed by atoms with E-state index in [0.29, 0.717) is 24.9 Å². The number of rotatable bonds is 3. The molecule has 1 aliphatic heterocycles. The lowest BCUT2D eigenvalue weighted by Crippen LogP contribution is -2.45. The summed E-state index contributed by atoms with van der Waals surface area (Å²) in [6.45, 7) is 1.43. The van der Waals surface area contributed by atoms with Crippen LogP contribution < -0.4 is 4.90 Å². The lowest BCUT2D eigenvalue weighted by atomic mass is 10.0. The molecule has 1 fully saturated rings. The zero-order valence-electron chi connectivity index (χ0n) is 14.1.